The third-order valence-electron chi connectivity index (χ3n) is 4.49. The number of carbonyl (C=O) groups is 1. The summed E-state index contributed by atoms with van der Waals surface area (Å²) < 4.78 is 0. The van der Waals surface area contributed by atoms with E-state index in [1.54, 1.807) is 0 Å². The van der Waals surface area contributed by atoms with Crippen LogP contribution in [-0.2, 0) is 4.79 Å². The van der Waals surface area contributed by atoms with Crippen LogP contribution in [0.1, 0.15) is 59.3 Å². The van der Waals surface area contributed by atoms with Crippen molar-refractivity contribution in [2.24, 2.45) is 11.3 Å². The van der Waals surface area contributed by atoms with Crippen molar-refractivity contribution in [2.75, 3.05) is 13.1 Å². The van der Waals surface area contributed by atoms with Gasteiger partial charge in [-0.3, -0.25) is 10.1 Å². The van der Waals surface area contributed by atoms with Crippen LogP contribution in [0.5, 0.6) is 0 Å². The van der Waals surface area contributed by atoms with Gasteiger partial charge in [0.05, 0.1) is 12.7 Å². The molecule has 2 aliphatic rings. The van der Waals surface area contributed by atoms with Gasteiger partial charge in [-0.1, -0.05) is 40.0 Å². The van der Waals surface area contributed by atoms with Crippen LogP contribution in [-0.4, -0.2) is 30.1 Å². The Labute approximate surface area is 111 Å². The molecule has 1 N–H and O–H groups in total. The van der Waals surface area contributed by atoms with Crippen molar-refractivity contribution in [1.29, 1.82) is 0 Å². The second-order valence-electron chi connectivity index (χ2n) is 6.92. The number of amides is 1. The van der Waals surface area contributed by atoms with Crippen molar-refractivity contribution < 1.29 is 4.79 Å². The highest BCUT2D eigenvalue weighted by molar-refractivity contribution is 5.80. The van der Waals surface area contributed by atoms with E-state index >= 15 is 0 Å². The molecule has 1 amide bonds. The molecule has 2 rings (SSSR count). The topological polar surface area (TPSA) is 32.3 Å². The lowest BCUT2D eigenvalue weighted by molar-refractivity contribution is -0.130. The molecule has 1 aliphatic carbocycles. The molecule has 1 heterocycles. The normalized spacial score (nSPS) is 28.1. The van der Waals surface area contributed by atoms with E-state index in [0.29, 0.717) is 23.8 Å². The smallest absolute Gasteiger partial charge is 0.237 e. The number of carbonyl (C=O) groups excluding carboxylic acids is 1. The number of nitrogens with one attached hydrogen (secondary N) is 1. The van der Waals surface area contributed by atoms with Crippen LogP contribution in [0.3, 0.4) is 0 Å². The molecule has 1 saturated heterocycles. The van der Waals surface area contributed by atoms with Gasteiger partial charge in [-0.2, -0.15) is 0 Å². The molecule has 1 unspecified atom stereocenters. The van der Waals surface area contributed by atoms with Gasteiger partial charge in [-0.25, -0.2) is 0 Å². The Kier molecular flexibility index (Phi) is 4.31. The molecule has 3 heteroatoms. The number of hydrogen-bond donors (Lipinski definition) is 1. The van der Waals surface area contributed by atoms with Crippen LogP contribution in [0, 0.1) is 11.3 Å². The summed E-state index contributed by atoms with van der Waals surface area (Å²) >= 11 is 0. The predicted octanol–water partition coefficient (Wildman–Crippen LogP) is 2.76. The van der Waals surface area contributed by atoms with E-state index in [-0.39, 0.29) is 6.17 Å². The second kappa shape index (κ2) is 5.60. The van der Waals surface area contributed by atoms with Gasteiger partial charge in [-0.15, -0.1) is 0 Å². The maximum absolute atomic E-state index is 12.0. The number of rotatable bonds is 4. The average Bonchev–Trinajstić information content (AvgIpc) is 2.61. The summed E-state index contributed by atoms with van der Waals surface area (Å²) in [4.78, 5) is 14.2. The van der Waals surface area contributed by atoms with Crippen molar-refractivity contribution in [2.45, 2.75) is 65.5 Å². The van der Waals surface area contributed by atoms with Crippen molar-refractivity contribution in [3.63, 3.8) is 0 Å². The highest BCUT2D eigenvalue weighted by Crippen LogP contribution is 2.37. The van der Waals surface area contributed by atoms with Crippen LogP contribution in [0.15, 0.2) is 0 Å². The third kappa shape index (κ3) is 3.25. The summed E-state index contributed by atoms with van der Waals surface area (Å²) in [5, 5.41) is 3.37. The molecule has 0 aromatic carbocycles. The zero-order chi connectivity index (χ0) is 13.2. The molecular weight excluding hydrogens is 224 g/mol. The van der Waals surface area contributed by atoms with Gasteiger partial charge in [0.25, 0.3) is 0 Å². The van der Waals surface area contributed by atoms with Gasteiger partial charge in [-0.05, 0) is 30.6 Å². The average molecular weight is 252 g/mol. The lowest BCUT2D eigenvalue weighted by atomic mass is 9.75. The lowest BCUT2D eigenvalue weighted by Crippen LogP contribution is -2.45. The third-order valence-corrected chi connectivity index (χ3v) is 4.49. The van der Waals surface area contributed by atoms with E-state index in [4.69, 9.17) is 0 Å². The lowest BCUT2D eigenvalue weighted by Gasteiger charge is -2.39. The zero-order valence-electron chi connectivity index (χ0n) is 12.2. The van der Waals surface area contributed by atoms with Crippen LogP contribution in [0.4, 0.5) is 0 Å². The Morgan fingerprint density at radius 3 is 2.61 bits per heavy atom. The van der Waals surface area contributed by atoms with Gasteiger partial charge in [0.15, 0.2) is 0 Å². The predicted molar refractivity (Wildman–Crippen MR) is 74.2 cm³/mol. The van der Waals surface area contributed by atoms with E-state index in [1.165, 1.54) is 32.1 Å². The second-order valence-corrected chi connectivity index (χ2v) is 6.92. The monoisotopic (exact) mass is 252 g/mol. The minimum Gasteiger partial charge on any atom is -0.325 e. The van der Waals surface area contributed by atoms with Crippen molar-refractivity contribution >= 4 is 5.91 Å². The molecule has 1 atom stereocenters. The maximum atomic E-state index is 12.0. The molecule has 3 nitrogen and oxygen atoms in total. The van der Waals surface area contributed by atoms with Gasteiger partial charge in [0, 0.05) is 6.54 Å². The Morgan fingerprint density at radius 1 is 1.33 bits per heavy atom. The summed E-state index contributed by atoms with van der Waals surface area (Å²) in [5.74, 6) is 0.933. The van der Waals surface area contributed by atoms with Crippen molar-refractivity contribution in [1.82, 2.24) is 10.2 Å². The van der Waals surface area contributed by atoms with Crippen LogP contribution in [0.2, 0.25) is 0 Å². The van der Waals surface area contributed by atoms with Gasteiger partial charge in [0.1, 0.15) is 0 Å². The SMILES string of the molecule is CC(C)CC1NCC(=O)N1CC1(C)CCCCC1. The Balaban J connectivity index is 1.98. The van der Waals surface area contributed by atoms with E-state index in [0.717, 1.165) is 13.0 Å². The molecule has 2 fully saturated rings. The number of hydrogen-bond acceptors (Lipinski definition) is 2. The van der Waals surface area contributed by atoms with Crippen LogP contribution in [0.25, 0.3) is 0 Å². The Bertz CT molecular complexity index is 295. The molecule has 0 spiro atoms. The van der Waals surface area contributed by atoms with Gasteiger partial charge >= 0.3 is 0 Å². The molecule has 18 heavy (non-hydrogen) atoms. The maximum Gasteiger partial charge on any atom is 0.237 e. The first-order valence-electron chi connectivity index (χ1n) is 7.53. The zero-order valence-corrected chi connectivity index (χ0v) is 12.2. The minimum absolute atomic E-state index is 0.274. The highest BCUT2D eigenvalue weighted by atomic mass is 16.2. The molecule has 0 bridgehead atoms. The fourth-order valence-electron chi connectivity index (χ4n) is 3.42. The first-order chi connectivity index (χ1) is 8.50. The summed E-state index contributed by atoms with van der Waals surface area (Å²) in [6.45, 7) is 8.31. The standard InChI is InChI=1S/C15H28N2O/c1-12(2)9-13-16-10-14(18)17(13)11-15(3)7-5-4-6-8-15/h12-13,16H,4-11H2,1-3H3. The quantitative estimate of drug-likeness (QED) is 0.834. The summed E-state index contributed by atoms with van der Waals surface area (Å²) in [6.07, 6.45) is 7.95. The molecule has 1 aliphatic heterocycles. The molecule has 0 aromatic heterocycles. The molecule has 0 radical (unpaired) electrons. The fourth-order valence-corrected chi connectivity index (χ4v) is 3.42. The van der Waals surface area contributed by atoms with Gasteiger partial charge in [0.2, 0.25) is 5.91 Å². The summed E-state index contributed by atoms with van der Waals surface area (Å²) in [5.41, 5.74) is 0.356. The minimum atomic E-state index is 0.274. The van der Waals surface area contributed by atoms with Crippen LogP contribution >= 0.6 is 0 Å². The van der Waals surface area contributed by atoms with E-state index in [2.05, 4.69) is 31.0 Å². The highest BCUT2D eigenvalue weighted by Gasteiger charge is 2.37. The van der Waals surface area contributed by atoms with Crippen molar-refractivity contribution in [3.8, 4) is 0 Å². The largest absolute Gasteiger partial charge is 0.325 e. The first kappa shape index (κ1) is 13.9. The molecule has 1 saturated carbocycles. The molecule has 104 valence electrons. The van der Waals surface area contributed by atoms with E-state index in [1.807, 2.05) is 0 Å². The van der Waals surface area contributed by atoms with E-state index in [9.17, 15) is 4.79 Å². The fraction of sp³-hybridized carbons (Fsp3) is 0.933. The van der Waals surface area contributed by atoms with Crippen LogP contribution < -0.4 is 5.32 Å². The van der Waals surface area contributed by atoms with Gasteiger partial charge < -0.3 is 4.90 Å². The summed E-state index contributed by atoms with van der Waals surface area (Å²) in [6, 6.07) is 0. The van der Waals surface area contributed by atoms with Crippen molar-refractivity contribution in [3.05, 3.63) is 0 Å². The first-order valence-corrected chi connectivity index (χ1v) is 7.53. The van der Waals surface area contributed by atoms with E-state index < -0.39 is 0 Å². The Morgan fingerprint density at radius 2 is 2.00 bits per heavy atom. The number of nitrogens with zero attached hydrogens (tertiary/aromatic N) is 1. The molecular formula is C15H28N2O. The Hall–Kier alpha value is -0.570. The summed E-state index contributed by atoms with van der Waals surface area (Å²) in [7, 11) is 0. The molecule has 0 aromatic rings.